The number of hydrogen-bond acceptors (Lipinski definition) is 5. The third-order valence-electron chi connectivity index (χ3n) is 2.70. The Morgan fingerprint density at radius 3 is 3.10 bits per heavy atom. The number of nitrogens with zero attached hydrogens (tertiary/aromatic N) is 6. The van der Waals surface area contributed by atoms with Gasteiger partial charge < -0.3 is 0 Å². The summed E-state index contributed by atoms with van der Waals surface area (Å²) in [6.07, 6.45) is 7.30. The van der Waals surface area contributed by atoms with Gasteiger partial charge in [0, 0.05) is 31.6 Å². The summed E-state index contributed by atoms with van der Waals surface area (Å²) < 4.78 is 3.24. The molecule has 0 fully saturated rings. The first kappa shape index (κ1) is 12.3. The summed E-state index contributed by atoms with van der Waals surface area (Å²) >= 11 is 0. The molecular weight excluding hydrogens is 258 g/mol. The maximum absolute atomic E-state index is 11.8. The lowest BCUT2D eigenvalue weighted by molar-refractivity contribution is -0.116. The molecule has 3 heterocycles. The summed E-state index contributed by atoms with van der Waals surface area (Å²) in [6.45, 7) is 2.47. The van der Waals surface area contributed by atoms with Crippen molar-refractivity contribution >= 4 is 17.6 Å². The van der Waals surface area contributed by atoms with Gasteiger partial charge in [0.2, 0.25) is 5.91 Å². The first-order valence-electron chi connectivity index (χ1n) is 6.17. The first-order valence-corrected chi connectivity index (χ1v) is 6.17. The molecule has 0 atom stereocenters. The highest BCUT2D eigenvalue weighted by atomic mass is 16.1. The van der Waals surface area contributed by atoms with E-state index >= 15 is 0 Å². The predicted octanol–water partition coefficient (Wildman–Crippen LogP) is 0.658. The van der Waals surface area contributed by atoms with Gasteiger partial charge in [0.15, 0.2) is 0 Å². The van der Waals surface area contributed by atoms with E-state index in [1.54, 1.807) is 29.3 Å². The van der Waals surface area contributed by atoms with Crippen molar-refractivity contribution in [3.05, 3.63) is 36.4 Å². The zero-order valence-corrected chi connectivity index (χ0v) is 10.9. The fraction of sp³-hybridized carbons (Fsp3) is 0.250. The maximum Gasteiger partial charge on any atom is 0.253 e. The molecule has 3 aromatic rings. The van der Waals surface area contributed by atoms with E-state index in [1.165, 1.54) is 4.52 Å². The average Bonchev–Trinajstić information content (AvgIpc) is 3.01. The number of anilines is 1. The lowest BCUT2D eigenvalue weighted by Crippen LogP contribution is -2.15. The average molecular weight is 271 g/mol. The van der Waals surface area contributed by atoms with Gasteiger partial charge in [0.1, 0.15) is 0 Å². The topological polar surface area (TPSA) is 90.0 Å². The Labute approximate surface area is 114 Å². The molecule has 0 aliphatic heterocycles. The molecule has 0 saturated heterocycles. The molecule has 1 amide bonds. The van der Waals surface area contributed by atoms with Crippen LogP contribution in [0.25, 0.3) is 5.78 Å². The zero-order chi connectivity index (χ0) is 13.9. The third kappa shape index (κ3) is 2.63. The Morgan fingerprint density at radius 1 is 1.45 bits per heavy atom. The molecular formula is C12H13N7O. The van der Waals surface area contributed by atoms with E-state index in [2.05, 4.69) is 25.5 Å². The first-order chi connectivity index (χ1) is 9.70. The number of aromatic nitrogens is 6. The number of carbonyl (C=O) groups is 1. The second-order valence-corrected chi connectivity index (χ2v) is 4.38. The van der Waals surface area contributed by atoms with E-state index in [0.717, 1.165) is 5.56 Å². The van der Waals surface area contributed by atoms with Crippen molar-refractivity contribution in [3.63, 3.8) is 0 Å². The van der Waals surface area contributed by atoms with Crippen LogP contribution in [0.3, 0.4) is 0 Å². The van der Waals surface area contributed by atoms with Gasteiger partial charge in [0.25, 0.3) is 11.7 Å². The highest BCUT2D eigenvalue weighted by molar-refractivity contribution is 5.88. The number of carbonyl (C=O) groups excluding carboxylic acids is 1. The SMILES string of the molecule is Cc1cnn(CCC(=O)Nc2nc3ncccn3n2)c1. The number of amides is 1. The lowest BCUT2D eigenvalue weighted by Gasteiger charge is -2.01. The molecule has 0 spiro atoms. The van der Waals surface area contributed by atoms with Crippen LogP contribution in [0.5, 0.6) is 0 Å². The fourth-order valence-corrected chi connectivity index (χ4v) is 1.78. The van der Waals surface area contributed by atoms with Gasteiger partial charge in [-0.25, -0.2) is 9.50 Å². The monoisotopic (exact) mass is 271 g/mol. The van der Waals surface area contributed by atoms with Crippen LogP contribution < -0.4 is 5.32 Å². The van der Waals surface area contributed by atoms with Crippen LogP contribution in [-0.4, -0.2) is 35.3 Å². The van der Waals surface area contributed by atoms with Crippen LogP contribution in [0.2, 0.25) is 0 Å². The molecule has 3 aromatic heterocycles. The van der Waals surface area contributed by atoms with Crippen LogP contribution in [0.15, 0.2) is 30.9 Å². The van der Waals surface area contributed by atoms with E-state index in [-0.39, 0.29) is 11.9 Å². The molecule has 1 N–H and O–H groups in total. The van der Waals surface area contributed by atoms with Crippen LogP contribution in [-0.2, 0) is 11.3 Å². The Hall–Kier alpha value is -2.77. The summed E-state index contributed by atoms with van der Waals surface area (Å²) in [4.78, 5) is 19.9. The quantitative estimate of drug-likeness (QED) is 0.752. The summed E-state index contributed by atoms with van der Waals surface area (Å²) in [6, 6.07) is 1.74. The number of nitrogens with one attached hydrogen (secondary N) is 1. The number of fused-ring (bicyclic) bond motifs is 1. The summed E-state index contributed by atoms with van der Waals surface area (Å²) in [7, 11) is 0. The molecule has 0 unspecified atom stereocenters. The molecule has 0 aliphatic carbocycles. The van der Waals surface area contributed by atoms with Gasteiger partial charge >= 0.3 is 0 Å². The van der Waals surface area contributed by atoms with Crippen LogP contribution in [0.4, 0.5) is 5.95 Å². The van der Waals surface area contributed by atoms with Crippen LogP contribution in [0, 0.1) is 6.92 Å². The smallest absolute Gasteiger partial charge is 0.253 e. The molecule has 3 rings (SSSR count). The van der Waals surface area contributed by atoms with Crippen molar-refractivity contribution in [3.8, 4) is 0 Å². The van der Waals surface area contributed by atoms with Crippen LogP contribution in [0.1, 0.15) is 12.0 Å². The minimum Gasteiger partial charge on any atom is -0.293 e. The standard InChI is InChI=1S/C12H13N7O/c1-9-7-14-18(8-9)6-3-10(20)15-11-16-12-13-4-2-5-19(12)17-11/h2,4-5,7-8H,3,6H2,1H3,(H,15,17,20). The minimum atomic E-state index is -0.158. The Balaban J connectivity index is 1.60. The Kier molecular flexibility index (Phi) is 3.12. The summed E-state index contributed by atoms with van der Waals surface area (Å²) in [5.41, 5.74) is 1.07. The molecule has 0 aromatic carbocycles. The van der Waals surface area contributed by atoms with Crippen molar-refractivity contribution in [2.24, 2.45) is 0 Å². The molecule has 0 saturated carbocycles. The number of rotatable bonds is 4. The zero-order valence-electron chi connectivity index (χ0n) is 10.9. The van der Waals surface area contributed by atoms with Gasteiger partial charge in [-0.2, -0.15) is 10.1 Å². The highest BCUT2D eigenvalue weighted by Gasteiger charge is 2.08. The van der Waals surface area contributed by atoms with E-state index in [1.807, 2.05) is 13.1 Å². The molecule has 0 bridgehead atoms. The van der Waals surface area contributed by atoms with Gasteiger partial charge in [-0.3, -0.25) is 14.8 Å². The summed E-state index contributed by atoms with van der Waals surface area (Å²) in [5, 5.41) is 10.9. The number of hydrogen-bond donors (Lipinski definition) is 1. The normalized spacial score (nSPS) is 10.8. The third-order valence-corrected chi connectivity index (χ3v) is 2.70. The second kappa shape index (κ2) is 5.08. The van der Waals surface area contributed by atoms with Gasteiger partial charge in [-0.15, -0.1) is 5.10 Å². The molecule has 102 valence electrons. The maximum atomic E-state index is 11.8. The Bertz CT molecular complexity index is 712. The predicted molar refractivity (Wildman–Crippen MR) is 71.0 cm³/mol. The van der Waals surface area contributed by atoms with Crippen LogP contribution >= 0.6 is 0 Å². The number of aryl methyl sites for hydroxylation is 2. The molecule has 8 heteroatoms. The van der Waals surface area contributed by atoms with Crippen molar-refractivity contribution in [1.29, 1.82) is 0 Å². The largest absolute Gasteiger partial charge is 0.293 e. The second-order valence-electron chi connectivity index (χ2n) is 4.38. The van der Waals surface area contributed by atoms with Crippen molar-refractivity contribution in [2.45, 2.75) is 19.9 Å². The van der Waals surface area contributed by atoms with Crippen molar-refractivity contribution in [1.82, 2.24) is 29.4 Å². The molecule has 0 aliphatic rings. The van der Waals surface area contributed by atoms with Crippen molar-refractivity contribution < 1.29 is 4.79 Å². The summed E-state index contributed by atoms with van der Waals surface area (Å²) in [5.74, 6) is 0.546. The van der Waals surface area contributed by atoms with Gasteiger partial charge in [-0.1, -0.05) is 0 Å². The van der Waals surface area contributed by atoms with Crippen molar-refractivity contribution in [2.75, 3.05) is 5.32 Å². The minimum absolute atomic E-state index is 0.158. The lowest BCUT2D eigenvalue weighted by atomic mass is 10.4. The van der Waals surface area contributed by atoms with E-state index < -0.39 is 0 Å². The molecule has 0 radical (unpaired) electrons. The molecule has 20 heavy (non-hydrogen) atoms. The van der Waals surface area contributed by atoms with E-state index in [9.17, 15) is 4.79 Å². The Morgan fingerprint density at radius 2 is 2.35 bits per heavy atom. The molecule has 8 nitrogen and oxygen atoms in total. The van der Waals surface area contributed by atoms with E-state index in [0.29, 0.717) is 18.7 Å². The van der Waals surface area contributed by atoms with E-state index in [4.69, 9.17) is 0 Å². The van der Waals surface area contributed by atoms with Gasteiger partial charge in [0.05, 0.1) is 6.20 Å². The fourth-order valence-electron chi connectivity index (χ4n) is 1.78. The van der Waals surface area contributed by atoms with Gasteiger partial charge in [-0.05, 0) is 18.6 Å². The highest BCUT2D eigenvalue weighted by Crippen LogP contribution is 2.03.